The van der Waals surface area contributed by atoms with Crippen molar-refractivity contribution in [3.8, 4) is 0 Å². The number of hydrazine groups is 1. The van der Waals surface area contributed by atoms with Gasteiger partial charge < -0.3 is 0 Å². The molecule has 1 rings (SSSR count). The summed E-state index contributed by atoms with van der Waals surface area (Å²) in [7, 11) is 0. The molecule has 0 amide bonds. The summed E-state index contributed by atoms with van der Waals surface area (Å²) in [4.78, 5) is 0. The van der Waals surface area contributed by atoms with E-state index >= 15 is 0 Å². The predicted molar refractivity (Wildman–Crippen MR) is 43.6 cm³/mol. The standard InChI is InChI=1S/C5H11N4O.ClH.Cu/c6-5(7)8-9-1-3-10-4-2-9;;/h1-4H2,(H3-,6,7,8);1H;/q-1;;+1. The van der Waals surface area contributed by atoms with Gasteiger partial charge in [-0.05, 0) is 0 Å². The molecule has 0 aliphatic carbocycles. The van der Waals surface area contributed by atoms with Crippen molar-refractivity contribution in [2.75, 3.05) is 26.3 Å². The summed E-state index contributed by atoms with van der Waals surface area (Å²) >= 11 is 4.58. The molecule has 1 aliphatic rings. The van der Waals surface area contributed by atoms with Gasteiger partial charge in [0.25, 0.3) is 0 Å². The number of ether oxygens (including phenoxy) is 1. The molecule has 7 heteroatoms. The molecular formula is C5H12ClCuN4O. The molecule has 0 saturated carbocycles. The zero-order valence-corrected chi connectivity index (χ0v) is 8.15. The number of halogens is 1. The summed E-state index contributed by atoms with van der Waals surface area (Å²) in [6.07, 6.45) is 0. The van der Waals surface area contributed by atoms with Crippen LogP contribution in [-0.2, 0) is 21.0 Å². The monoisotopic (exact) mass is 242 g/mol. The molecule has 1 fully saturated rings. The first-order chi connectivity index (χ1) is 5.33. The maximum atomic E-state index is 7.16. The van der Waals surface area contributed by atoms with Crippen LogP contribution in [0.3, 0.4) is 0 Å². The number of hydrogen-bond donors (Lipinski definition) is 3. The normalized spacial score (nSPS) is 17.8. The number of guanidine groups is 1. The molecule has 5 nitrogen and oxygen atoms in total. The van der Waals surface area contributed by atoms with Crippen LogP contribution in [0.1, 0.15) is 0 Å². The average molecular weight is 243 g/mol. The Labute approximate surface area is 86.1 Å². The van der Waals surface area contributed by atoms with E-state index in [1.807, 2.05) is 5.01 Å². The van der Waals surface area contributed by atoms with Gasteiger partial charge in [-0.25, -0.2) is 0 Å². The minimum absolute atomic E-state index is 0. The van der Waals surface area contributed by atoms with Crippen molar-refractivity contribution in [3.05, 3.63) is 0 Å². The van der Waals surface area contributed by atoms with Crippen LogP contribution in [0, 0.1) is 5.41 Å². The van der Waals surface area contributed by atoms with E-state index < -0.39 is 0 Å². The van der Waals surface area contributed by atoms with Gasteiger partial charge in [-0.1, -0.05) is 0 Å². The second-order valence-corrected chi connectivity index (χ2v) is 2.40. The Kier molecular flexibility index (Phi) is 6.51. The summed E-state index contributed by atoms with van der Waals surface area (Å²) < 4.78 is 7.38. The van der Waals surface area contributed by atoms with Crippen LogP contribution in [0.2, 0.25) is 0 Å². The Morgan fingerprint density at radius 3 is 2.50 bits per heavy atom. The molecule has 1 aliphatic heterocycles. The molecule has 0 unspecified atom stereocenters. The maximum absolute atomic E-state index is 7.16. The van der Waals surface area contributed by atoms with Crippen molar-refractivity contribution >= 4 is 18.4 Å². The van der Waals surface area contributed by atoms with Crippen molar-refractivity contribution in [1.29, 1.82) is 5.41 Å². The van der Waals surface area contributed by atoms with Gasteiger partial charge in [0.1, 0.15) is 0 Å². The van der Waals surface area contributed by atoms with Gasteiger partial charge in [0, 0.05) is 0 Å². The van der Waals surface area contributed by atoms with Crippen LogP contribution in [0.15, 0.2) is 0 Å². The van der Waals surface area contributed by atoms with Crippen molar-refractivity contribution < 1.29 is 21.0 Å². The molecular weight excluding hydrogens is 231 g/mol. The molecule has 0 aromatic carbocycles. The van der Waals surface area contributed by atoms with Crippen LogP contribution < -0.4 is 9.76 Å². The molecule has 1 heterocycles. The molecule has 0 radical (unpaired) electrons. The van der Waals surface area contributed by atoms with E-state index in [4.69, 9.17) is 10.1 Å². The number of hydrogen-bond acceptors (Lipinski definition) is 3. The molecule has 3 N–H and O–H groups in total. The summed E-state index contributed by atoms with van der Waals surface area (Å²) in [5.74, 6) is 0.131. The first kappa shape index (κ1) is 12.0. The second kappa shape index (κ2) is 6.51. The second-order valence-electron chi connectivity index (χ2n) is 2.16. The SMILES string of the molecule is Cl.N=C([NH][Cu])NN1CCOCC1. The topological polar surface area (TPSA) is 60.4 Å². The number of nitrogens with one attached hydrogen (secondary N) is 3. The van der Waals surface area contributed by atoms with Crippen LogP contribution in [0.4, 0.5) is 0 Å². The summed E-state index contributed by atoms with van der Waals surface area (Å²) in [6.45, 7) is 2.99. The molecule has 0 aromatic heterocycles. The minimum atomic E-state index is 0. The van der Waals surface area contributed by atoms with Gasteiger partial charge in [0.05, 0.1) is 0 Å². The van der Waals surface area contributed by atoms with E-state index in [2.05, 4.69) is 26.0 Å². The molecule has 0 spiro atoms. The molecule has 0 bridgehead atoms. The summed E-state index contributed by atoms with van der Waals surface area (Å²) in [5.41, 5.74) is 2.78. The van der Waals surface area contributed by atoms with Crippen molar-refractivity contribution in [3.63, 3.8) is 0 Å². The zero-order chi connectivity index (χ0) is 8.10. The van der Waals surface area contributed by atoms with Gasteiger partial charge in [-0.15, -0.1) is 12.4 Å². The van der Waals surface area contributed by atoms with Gasteiger partial charge in [0.15, 0.2) is 0 Å². The third-order valence-electron chi connectivity index (χ3n) is 1.36. The predicted octanol–water partition coefficient (Wildman–Crippen LogP) is -0.769. The van der Waals surface area contributed by atoms with Gasteiger partial charge >= 0.3 is 73.4 Å². The van der Waals surface area contributed by atoms with E-state index in [1.54, 1.807) is 0 Å². The summed E-state index contributed by atoms with van der Waals surface area (Å²) in [5, 5.41) is 9.05. The molecule has 12 heavy (non-hydrogen) atoms. The van der Waals surface area contributed by atoms with E-state index in [0.717, 1.165) is 13.1 Å². The first-order valence-corrected chi connectivity index (χ1v) is 3.80. The quantitative estimate of drug-likeness (QED) is 0.321. The zero-order valence-electron chi connectivity index (χ0n) is 6.39. The van der Waals surface area contributed by atoms with Crippen molar-refractivity contribution in [2.24, 2.45) is 0 Å². The molecule has 1 saturated heterocycles. The molecule has 0 atom stereocenters. The van der Waals surface area contributed by atoms with E-state index in [9.17, 15) is 0 Å². The number of morpholine rings is 1. The summed E-state index contributed by atoms with van der Waals surface area (Å²) in [6, 6.07) is 0. The van der Waals surface area contributed by atoms with Crippen LogP contribution in [0.5, 0.6) is 0 Å². The molecule has 76 valence electrons. The Morgan fingerprint density at radius 1 is 1.42 bits per heavy atom. The van der Waals surface area contributed by atoms with Crippen molar-refractivity contribution in [1.82, 2.24) is 14.8 Å². The molecule has 0 aromatic rings. The van der Waals surface area contributed by atoms with E-state index in [-0.39, 0.29) is 18.4 Å². The van der Waals surface area contributed by atoms with Crippen LogP contribution in [0.25, 0.3) is 0 Å². The average Bonchev–Trinajstić information content (AvgIpc) is 2.06. The van der Waals surface area contributed by atoms with Crippen molar-refractivity contribution in [2.45, 2.75) is 0 Å². The fraction of sp³-hybridized carbons (Fsp3) is 0.800. The van der Waals surface area contributed by atoms with E-state index in [1.165, 1.54) is 0 Å². The van der Waals surface area contributed by atoms with Gasteiger partial charge in [0.2, 0.25) is 0 Å². The third-order valence-corrected chi connectivity index (χ3v) is 1.59. The Morgan fingerprint density at radius 2 is 2.00 bits per heavy atom. The first-order valence-electron chi connectivity index (χ1n) is 3.33. The number of nitrogens with zero attached hydrogens (tertiary/aromatic N) is 1. The fourth-order valence-corrected chi connectivity index (χ4v) is 0.903. The third kappa shape index (κ3) is 4.13. The number of rotatable bonds is 1. The van der Waals surface area contributed by atoms with Gasteiger partial charge in [-0.2, -0.15) is 0 Å². The van der Waals surface area contributed by atoms with Crippen LogP contribution in [-0.4, -0.2) is 37.3 Å². The Balaban J connectivity index is 0.00000121. The Bertz CT molecular complexity index is 141. The van der Waals surface area contributed by atoms with Crippen LogP contribution >= 0.6 is 12.4 Å². The van der Waals surface area contributed by atoms with E-state index in [0.29, 0.717) is 13.2 Å². The van der Waals surface area contributed by atoms with Gasteiger partial charge in [-0.3, -0.25) is 0 Å². The fourth-order valence-electron chi connectivity index (χ4n) is 0.850. The Hall–Kier alpha value is -0.000519.